The van der Waals surface area contributed by atoms with Gasteiger partial charge in [0.25, 0.3) is 10.0 Å². The maximum absolute atomic E-state index is 12.4. The van der Waals surface area contributed by atoms with Crippen LogP contribution in [0.4, 0.5) is 23.0 Å². The summed E-state index contributed by atoms with van der Waals surface area (Å²) in [6, 6.07) is 12.9. The van der Waals surface area contributed by atoms with Gasteiger partial charge in [0.15, 0.2) is 0 Å². The van der Waals surface area contributed by atoms with Crippen molar-refractivity contribution in [1.29, 1.82) is 0 Å². The van der Waals surface area contributed by atoms with E-state index < -0.39 is 20.6 Å². The third kappa shape index (κ3) is 4.61. The van der Waals surface area contributed by atoms with E-state index in [0.29, 0.717) is 11.4 Å². The number of benzene rings is 2. The van der Waals surface area contributed by atoms with Gasteiger partial charge in [0.1, 0.15) is 12.1 Å². The third-order valence-electron chi connectivity index (χ3n) is 4.00. The average Bonchev–Trinajstić information content (AvgIpc) is 2.73. The van der Waals surface area contributed by atoms with Crippen molar-refractivity contribution in [3.05, 3.63) is 70.5 Å². The summed E-state index contributed by atoms with van der Waals surface area (Å²) in [4.78, 5) is 20.7. The van der Waals surface area contributed by atoms with Crippen molar-refractivity contribution in [3.8, 4) is 5.75 Å². The fraction of sp³-hybridized carbons (Fsp3) is 0.111. The molecular weight excluding hydrogens is 412 g/mol. The molecule has 0 saturated carbocycles. The van der Waals surface area contributed by atoms with Crippen LogP contribution in [0.5, 0.6) is 5.75 Å². The lowest BCUT2D eigenvalue weighted by atomic mass is 10.2. The molecule has 3 N–H and O–H groups in total. The van der Waals surface area contributed by atoms with Crippen molar-refractivity contribution >= 4 is 33.0 Å². The number of nitrogens with zero attached hydrogens (tertiary/aromatic N) is 3. The second kappa shape index (κ2) is 8.71. The Bertz CT molecular complexity index is 1170. The van der Waals surface area contributed by atoms with Crippen molar-refractivity contribution in [2.24, 2.45) is 0 Å². The topological polar surface area (TPSA) is 148 Å². The molecular formula is C18H18N6O5S. The minimum Gasteiger partial charge on any atom is -0.495 e. The maximum atomic E-state index is 12.4. The van der Waals surface area contributed by atoms with Crippen molar-refractivity contribution in [2.45, 2.75) is 11.8 Å². The predicted molar refractivity (Wildman–Crippen MR) is 110 cm³/mol. The van der Waals surface area contributed by atoms with Gasteiger partial charge in [-0.3, -0.25) is 15.5 Å². The van der Waals surface area contributed by atoms with Crippen LogP contribution < -0.4 is 20.3 Å². The summed E-state index contributed by atoms with van der Waals surface area (Å²) in [5.41, 5.74) is 3.08. The van der Waals surface area contributed by atoms with Crippen LogP contribution in [0.25, 0.3) is 0 Å². The Hall–Kier alpha value is -3.77. The molecule has 11 nitrogen and oxygen atoms in total. The summed E-state index contributed by atoms with van der Waals surface area (Å²) in [6.45, 7) is 1.82. The number of rotatable bonds is 8. The minimum atomic E-state index is -3.98. The van der Waals surface area contributed by atoms with Crippen LogP contribution in [-0.4, -0.2) is 30.4 Å². The summed E-state index contributed by atoms with van der Waals surface area (Å²) >= 11 is 0. The van der Waals surface area contributed by atoms with Gasteiger partial charge in [-0.05, 0) is 31.2 Å². The van der Waals surface area contributed by atoms with Gasteiger partial charge in [-0.2, -0.15) is 0 Å². The van der Waals surface area contributed by atoms with E-state index in [-0.39, 0.29) is 16.5 Å². The first kappa shape index (κ1) is 21.0. The van der Waals surface area contributed by atoms with Crippen LogP contribution in [0.2, 0.25) is 0 Å². The number of hydrogen-bond donors (Lipinski definition) is 3. The van der Waals surface area contributed by atoms with Crippen LogP contribution in [0.3, 0.4) is 0 Å². The van der Waals surface area contributed by atoms with Crippen LogP contribution in [0.15, 0.2) is 59.8 Å². The van der Waals surface area contributed by atoms with Crippen LogP contribution in [-0.2, 0) is 10.0 Å². The van der Waals surface area contributed by atoms with E-state index in [4.69, 9.17) is 4.74 Å². The molecule has 0 unspecified atom stereocenters. The summed E-state index contributed by atoms with van der Waals surface area (Å²) in [5.74, 6) is -0.0281. The highest BCUT2D eigenvalue weighted by molar-refractivity contribution is 7.89. The lowest BCUT2D eigenvalue weighted by Crippen LogP contribution is -2.30. The zero-order valence-corrected chi connectivity index (χ0v) is 16.8. The Labute approximate surface area is 172 Å². The largest absolute Gasteiger partial charge is 0.495 e. The summed E-state index contributed by atoms with van der Waals surface area (Å²) in [7, 11) is -2.52. The minimum absolute atomic E-state index is 0.00956. The lowest BCUT2D eigenvalue weighted by Gasteiger charge is -2.13. The standard InChI is InChI=1S/C18H18N6O5S/c1-12-7-9-13(10-8-12)30(27,28)23-22-18-16(24(25)26)17(19-11-20-18)21-14-5-3-4-6-15(14)29-2/h3-11,23H,1-2H3,(H2,19,20,21,22). The average molecular weight is 430 g/mol. The zero-order valence-electron chi connectivity index (χ0n) is 16.0. The number of methoxy groups -OCH3 is 1. The number of nitrogens with one attached hydrogen (secondary N) is 3. The predicted octanol–water partition coefficient (Wildman–Crippen LogP) is 2.75. The van der Waals surface area contributed by atoms with E-state index in [2.05, 4.69) is 25.5 Å². The van der Waals surface area contributed by atoms with Gasteiger partial charge in [-0.25, -0.2) is 18.4 Å². The van der Waals surface area contributed by atoms with Crippen molar-refractivity contribution in [3.63, 3.8) is 0 Å². The molecule has 1 heterocycles. The van der Waals surface area contributed by atoms with Crippen molar-refractivity contribution in [1.82, 2.24) is 14.8 Å². The quantitative estimate of drug-likeness (QED) is 0.362. The number of sulfonamides is 1. The van der Waals surface area contributed by atoms with Crippen molar-refractivity contribution < 1.29 is 18.1 Å². The molecule has 12 heteroatoms. The zero-order chi connectivity index (χ0) is 21.7. The molecule has 30 heavy (non-hydrogen) atoms. The SMILES string of the molecule is COc1ccccc1Nc1ncnc(NNS(=O)(=O)c2ccc(C)cc2)c1[N+](=O)[O-]. The van der Waals surface area contributed by atoms with E-state index in [9.17, 15) is 18.5 Å². The summed E-state index contributed by atoms with van der Waals surface area (Å²) < 4.78 is 30.1. The Morgan fingerprint density at radius 2 is 1.70 bits per heavy atom. The van der Waals surface area contributed by atoms with E-state index in [0.717, 1.165) is 11.9 Å². The highest BCUT2D eigenvalue weighted by Crippen LogP contribution is 2.33. The van der Waals surface area contributed by atoms with Gasteiger partial charge in [-0.1, -0.05) is 29.8 Å². The number of hydrogen-bond acceptors (Lipinski definition) is 9. The fourth-order valence-corrected chi connectivity index (χ4v) is 3.35. The number of hydrazine groups is 1. The van der Waals surface area contributed by atoms with E-state index >= 15 is 0 Å². The summed E-state index contributed by atoms with van der Waals surface area (Å²) in [5, 5.41) is 14.5. The van der Waals surface area contributed by atoms with Crippen LogP contribution >= 0.6 is 0 Å². The maximum Gasteiger partial charge on any atom is 0.354 e. The lowest BCUT2D eigenvalue weighted by molar-refractivity contribution is -0.383. The Balaban J connectivity index is 1.89. The molecule has 2 aromatic carbocycles. The number of aryl methyl sites for hydroxylation is 1. The number of para-hydroxylation sites is 2. The van der Waals surface area contributed by atoms with Gasteiger partial charge in [-0.15, -0.1) is 4.83 Å². The number of nitro groups is 1. The summed E-state index contributed by atoms with van der Waals surface area (Å²) in [6.07, 6.45) is 1.06. The molecule has 0 bridgehead atoms. The number of anilines is 3. The molecule has 0 aliphatic heterocycles. The first-order valence-corrected chi connectivity index (χ1v) is 10.0. The number of ether oxygens (including phenoxy) is 1. The third-order valence-corrected chi connectivity index (χ3v) is 5.26. The molecule has 0 saturated heterocycles. The Kier molecular flexibility index (Phi) is 6.09. The highest BCUT2D eigenvalue weighted by Gasteiger charge is 2.25. The highest BCUT2D eigenvalue weighted by atomic mass is 32.2. The van der Waals surface area contributed by atoms with Gasteiger partial charge in [0, 0.05) is 0 Å². The molecule has 0 spiro atoms. The molecule has 3 aromatic rings. The van der Waals surface area contributed by atoms with E-state index in [1.54, 1.807) is 36.4 Å². The second-order valence-electron chi connectivity index (χ2n) is 6.05. The monoisotopic (exact) mass is 430 g/mol. The smallest absolute Gasteiger partial charge is 0.354 e. The molecule has 1 aromatic heterocycles. The first-order valence-electron chi connectivity index (χ1n) is 8.56. The molecule has 0 fully saturated rings. The van der Waals surface area contributed by atoms with E-state index in [1.165, 1.54) is 19.2 Å². The number of aromatic nitrogens is 2. The van der Waals surface area contributed by atoms with Gasteiger partial charge in [0.2, 0.25) is 11.6 Å². The molecule has 0 radical (unpaired) electrons. The first-order chi connectivity index (χ1) is 14.3. The van der Waals surface area contributed by atoms with Crippen LogP contribution in [0, 0.1) is 17.0 Å². The van der Waals surface area contributed by atoms with Gasteiger partial charge in [0.05, 0.1) is 22.6 Å². The van der Waals surface area contributed by atoms with Gasteiger partial charge < -0.3 is 10.1 Å². The Morgan fingerprint density at radius 3 is 2.37 bits per heavy atom. The molecule has 0 aliphatic carbocycles. The van der Waals surface area contributed by atoms with Crippen LogP contribution in [0.1, 0.15) is 5.56 Å². The molecule has 0 amide bonds. The molecule has 3 rings (SSSR count). The molecule has 0 atom stereocenters. The normalized spacial score (nSPS) is 11.0. The molecule has 0 aliphatic rings. The fourth-order valence-electron chi connectivity index (χ4n) is 2.50. The molecule has 156 valence electrons. The van der Waals surface area contributed by atoms with E-state index in [1.807, 2.05) is 6.92 Å². The Morgan fingerprint density at radius 1 is 1.03 bits per heavy atom. The van der Waals surface area contributed by atoms with Gasteiger partial charge >= 0.3 is 5.69 Å². The van der Waals surface area contributed by atoms with Crippen molar-refractivity contribution in [2.75, 3.05) is 17.9 Å². The second-order valence-corrected chi connectivity index (χ2v) is 7.73.